The minimum Gasteiger partial charge on any atom is -0.377 e. The Kier molecular flexibility index (Phi) is 10.5. The Morgan fingerprint density at radius 1 is 1.25 bits per heavy atom. The molecule has 5 heteroatoms. The number of rotatable bonds is 6. The minimum atomic E-state index is 0. The summed E-state index contributed by atoms with van der Waals surface area (Å²) in [5.74, 6) is 0.885. The first-order chi connectivity index (χ1) is 9.09. The molecule has 4 nitrogen and oxygen atoms in total. The Labute approximate surface area is 139 Å². The fraction of sp³-hybridized carbons (Fsp3) is 0.533. The van der Waals surface area contributed by atoms with Crippen LogP contribution < -0.4 is 5.32 Å². The second kappa shape index (κ2) is 10.9. The molecule has 114 valence electrons. The van der Waals surface area contributed by atoms with Gasteiger partial charge in [-0.3, -0.25) is 0 Å². The number of aliphatic imine (C=N–C) groups is 1. The molecule has 1 aromatic carbocycles. The highest BCUT2D eigenvalue weighted by atomic mass is 127. The van der Waals surface area contributed by atoms with Crippen molar-refractivity contribution in [3.05, 3.63) is 35.9 Å². The monoisotopic (exact) mass is 391 g/mol. The van der Waals surface area contributed by atoms with E-state index in [1.54, 1.807) is 0 Å². The summed E-state index contributed by atoms with van der Waals surface area (Å²) in [6.07, 6.45) is 0.269. The largest absolute Gasteiger partial charge is 0.377 e. The predicted molar refractivity (Wildman–Crippen MR) is 95.8 cm³/mol. The van der Waals surface area contributed by atoms with Gasteiger partial charge in [-0.1, -0.05) is 30.3 Å². The lowest BCUT2D eigenvalue weighted by atomic mass is 10.2. The second-order valence-electron chi connectivity index (χ2n) is 4.87. The predicted octanol–water partition coefficient (Wildman–Crippen LogP) is 2.74. The van der Waals surface area contributed by atoms with E-state index >= 15 is 0 Å². The Morgan fingerprint density at radius 2 is 1.90 bits per heavy atom. The first-order valence-corrected chi connectivity index (χ1v) is 6.70. The van der Waals surface area contributed by atoms with E-state index < -0.39 is 0 Å². The van der Waals surface area contributed by atoms with Crippen LogP contribution in [0.2, 0.25) is 0 Å². The van der Waals surface area contributed by atoms with E-state index in [-0.39, 0.29) is 30.1 Å². The molecule has 0 amide bonds. The smallest absolute Gasteiger partial charge is 0.193 e. The lowest BCUT2D eigenvalue weighted by molar-refractivity contribution is 0.0827. The number of hydrogen-bond acceptors (Lipinski definition) is 2. The van der Waals surface area contributed by atoms with E-state index in [0.717, 1.165) is 12.5 Å². The third-order valence-electron chi connectivity index (χ3n) is 2.51. The molecule has 20 heavy (non-hydrogen) atoms. The highest BCUT2D eigenvalue weighted by molar-refractivity contribution is 14.0. The number of hydrogen-bond donors (Lipinski definition) is 1. The molecule has 0 saturated heterocycles. The molecule has 0 fully saturated rings. The van der Waals surface area contributed by atoms with Crippen molar-refractivity contribution in [3.63, 3.8) is 0 Å². The van der Waals surface area contributed by atoms with Gasteiger partial charge < -0.3 is 15.0 Å². The van der Waals surface area contributed by atoms with Gasteiger partial charge in [-0.25, -0.2) is 4.99 Å². The van der Waals surface area contributed by atoms with E-state index in [9.17, 15) is 0 Å². The van der Waals surface area contributed by atoms with Gasteiger partial charge >= 0.3 is 0 Å². The molecule has 0 spiro atoms. The van der Waals surface area contributed by atoms with E-state index in [4.69, 9.17) is 4.74 Å². The molecule has 1 rings (SSSR count). The maximum atomic E-state index is 5.50. The normalized spacial score (nSPS) is 11.2. The summed E-state index contributed by atoms with van der Waals surface area (Å²) < 4.78 is 5.50. The maximum Gasteiger partial charge on any atom is 0.193 e. The Balaban J connectivity index is 0.00000361. The fourth-order valence-electron chi connectivity index (χ4n) is 1.56. The van der Waals surface area contributed by atoms with Gasteiger partial charge in [-0.2, -0.15) is 0 Å². The van der Waals surface area contributed by atoms with Crippen LogP contribution in [-0.2, 0) is 11.3 Å². The van der Waals surface area contributed by atoms with Crippen LogP contribution in [0.25, 0.3) is 0 Å². The minimum absolute atomic E-state index is 0. The van der Waals surface area contributed by atoms with E-state index in [1.807, 2.05) is 51.0 Å². The topological polar surface area (TPSA) is 36.9 Å². The third kappa shape index (κ3) is 8.37. The number of ether oxygens (including phenoxy) is 1. The molecular weight excluding hydrogens is 365 g/mol. The van der Waals surface area contributed by atoms with Gasteiger partial charge in [0, 0.05) is 20.6 Å². The van der Waals surface area contributed by atoms with Gasteiger partial charge in [0.05, 0.1) is 19.3 Å². The van der Waals surface area contributed by atoms with Crippen LogP contribution >= 0.6 is 24.0 Å². The van der Waals surface area contributed by atoms with Gasteiger partial charge in [0.1, 0.15) is 0 Å². The zero-order chi connectivity index (χ0) is 14.1. The third-order valence-corrected chi connectivity index (χ3v) is 2.51. The number of halogens is 1. The zero-order valence-electron chi connectivity index (χ0n) is 12.8. The van der Waals surface area contributed by atoms with Gasteiger partial charge in [-0.05, 0) is 19.4 Å². The molecule has 0 aliphatic carbocycles. The molecule has 0 bridgehead atoms. The molecule has 0 atom stereocenters. The molecular formula is C15H26IN3O. The SMILES string of the molecule is CC(C)OCCNC(=NCc1ccccc1)N(C)C.I. The number of nitrogens with zero attached hydrogens (tertiary/aromatic N) is 2. The highest BCUT2D eigenvalue weighted by Gasteiger charge is 2.01. The van der Waals surface area contributed by atoms with Crippen molar-refractivity contribution in [1.29, 1.82) is 0 Å². The average molecular weight is 391 g/mol. The standard InChI is InChI=1S/C15H25N3O.HI/c1-13(2)19-11-10-16-15(18(3)4)17-12-14-8-6-5-7-9-14;/h5-9,13H,10-12H2,1-4H3,(H,16,17);1H. The summed E-state index contributed by atoms with van der Waals surface area (Å²) in [6, 6.07) is 10.2. The molecule has 0 heterocycles. The lowest BCUT2D eigenvalue weighted by Crippen LogP contribution is -2.38. The summed E-state index contributed by atoms with van der Waals surface area (Å²) in [5.41, 5.74) is 1.21. The summed E-state index contributed by atoms with van der Waals surface area (Å²) in [5, 5.41) is 3.30. The van der Waals surface area contributed by atoms with Crippen molar-refractivity contribution in [2.24, 2.45) is 4.99 Å². The van der Waals surface area contributed by atoms with Crippen LogP contribution in [0, 0.1) is 0 Å². The van der Waals surface area contributed by atoms with Crippen molar-refractivity contribution < 1.29 is 4.74 Å². The van der Waals surface area contributed by atoms with Crippen LogP contribution in [0.5, 0.6) is 0 Å². The molecule has 0 unspecified atom stereocenters. The van der Waals surface area contributed by atoms with Gasteiger partial charge in [0.25, 0.3) is 0 Å². The Hall–Kier alpha value is -0.820. The zero-order valence-corrected chi connectivity index (χ0v) is 15.1. The first kappa shape index (κ1) is 19.2. The number of guanidine groups is 1. The Bertz CT molecular complexity index is 380. The van der Waals surface area contributed by atoms with E-state index in [0.29, 0.717) is 13.2 Å². The van der Waals surface area contributed by atoms with Gasteiger partial charge in [0.2, 0.25) is 0 Å². The Morgan fingerprint density at radius 3 is 2.45 bits per heavy atom. The van der Waals surface area contributed by atoms with Crippen molar-refractivity contribution in [3.8, 4) is 0 Å². The van der Waals surface area contributed by atoms with Crippen LogP contribution in [0.3, 0.4) is 0 Å². The van der Waals surface area contributed by atoms with Gasteiger partial charge in [0.15, 0.2) is 5.96 Å². The summed E-state index contributed by atoms with van der Waals surface area (Å²) in [6.45, 7) is 6.22. The number of nitrogens with one attached hydrogen (secondary N) is 1. The van der Waals surface area contributed by atoms with Crippen LogP contribution in [0.4, 0.5) is 0 Å². The van der Waals surface area contributed by atoms with Gasteiger partial charge in [-0.15, -0.1) is 24.0 Å². The molecule has 1 N–H and O–H groups in total. The van der Waals surface area contributed by atoms with Crippen LogP contribution in [0.15, 0.2) is 35.3 Å². The van der Waals surface area contributed by atoms with Crippen molar-refractivity contribution >= 4 is 29.9 Å². The maximum absolute atomic E-state index is 5.50. The molecule has 0 radical (unpaired) electrons. The first-order valence-electron chi connectivity index (χ1n) is 6.70. The molecule has 0 aromatic heterocycles. The summed E-state index contributed by atoms with van der Waals surface area (Å²) in [4.78, 5) is 6.57. The molecule has 1 aromatic rings. The second-order valence-corrected chi connectivity index (χ2v) is 4.87. The van der Waals surface area contributed by atoms with E-state index in [2.05, 4.69) is 22.4 Å². The summed E-state index contributed by atoms with van der Waals surface area (Å²) >= 11 is 0. The van der Waals surface area contributed by atoms with Crippen LogP contribution in [0.1, 0.15) is 19.4 Å². The quantitative estimate of drug-likeness (QED) is 0.351. The highest BCUT2D eigenvalue weighted by Crippen LogP contribution is 2.00. The summed E-state index contributed by atoms with van der Waals surface area (Å²) in [7, 11) is 3.97. The average Bonchev–Trinajstić information content (AvgIpc) is 2.38. The van der Waals surface area contributed by atoms with Crippen molar-refractivity contribution in [1.82, 2.24) is 10.2 Å². The van der Waals surface area contributed by atoms with Crippen molar-refractivity contribution in [2.45, 2.75) is 26.5 Å². The van der Waals surface area contributed by atoms with E-state index in [1.165, 1.54) is 5.56 Å². The number of benzene rings is 1. The lowest BCUT2D eigenvalue weighted by Gasteiger charge is -2.18. The fourth-order valence-corrected chi connectivity index (χ4v) is 1.56. The molecule has 0 saturated carbocycles. The molecule has 0 aliphatic heterocycles. The van der Waals surface area contributed by atoms with Crippen LogP contribution in [-0.4, -0.2) is 44.2 Å². The van der Waals surface area contributed by atoms with Crippen molar-refractivity contribution in [2.75, 3.05) is 27.2 Å². The molecule has 0 aliphatic rings.